The molecule has 1 aromatic rings. The molecule has 1 fully saturated rings. The number of aryl methyl sites for hydroxylation is 2. The fraction of sp³-hybridized carbons (Fsp3) is 0.706. The molecule has 0 unspecified atom stereocenters. The number of rotatable bonds is 6. The molecule has 1 aliphatic rings. The maximum atomic E-state index is 5.75. The minimum atomic E-state index is 0.425. The summed E-state index contributed by atoms with van der Waals surface area (Å²) in [4.78, 5) is 7.26. The van der Waals surface area contributed by atoms with Gasteiger partial charge in [-0.3, -0.25) is 0 Å². The second-order valence-corrected chi connectivity index (χ2v) is 5.80. The molecule has 4 heteroatoms. The molecule has 0 aromatic carbocycles. The van der Waals surface area contributed by atoms with Gasteiger partial charge < -0.3 is 15.0 Å². The van der Waals surface area contributed by atoms with Gasteiger partial charge in [0.05, 0.1) is 6.10 Å². The van der Waals surface area contributed by atoms with E-state index in [2.05, 4.69) is 44.0 Å². The zero-order chi connectivity index (χ0) is 15.2. The van der Waals surface area contributed by atoms with E-state index in [-0.39, 0.29) is 0 Å². The monoisotopic (exact) mass is 291 g/mol. The Morgan fingerprint density at radius 3 is 2.62 bits per heavy atom. The van der Waals surface area contributed by atoms with Gasteiger partial charge >= 0.3 is 0 Å². The van der Waals surface area contributed by atoms with E-state index >= 15 is 0 Å². The second-order valence-electron chi connectivity index (χ2n) is 5.80. The average Bonchev–Trinajstić information content (AvgIpc) is 2.47. The van der Waals surface area contributed by atoms with E-state index < -0.39 is 0 Å². The number of aromatic nitrogens is 1. The molecule has 1 aromatic heterocycles. The van der Waals surface area contributed by atoms with Gasteiger partial charge in [-0.15, -0.1) is 0 Å². The van der Waals surface area contributed by atoms with Gasteiger partial charge in [-0.05, 0) is 51.8 Å². The van der Waals surface area contributed by atoms with Gasteiger partial charge in [-0.2, -0.15) is 0 Å². The summed E-state index contributed by atoms with van der Waals surface area (Å²) < 4.78 is 5.75. The van der Waals surface area contributed by atoms with Crippen LogP contribution in [0.5, 0.6) is 0 Å². The van der Waals surface area contributed by atoms with E-state index in [0.717, 1.165) is 51.3 Å². The Bertz CT molecular complexity index is 454. The minimum Gasteiger partial charge on any atom is -0.378 e. The van der Waals surface area contributed by atoms with Crippen molar-refractivity contribution in [2.45, 2.75) is 53.2 Å². The Morgan fingerprint density at radius 1 is 1.29 bits per heavy atom. The van der Waals surface area contributed by atoms with Crippen LogP contribution in [0.2, 0.25) is 0 Å². The van der Waals surface area contributed by atoms with Gasteiger partial charge in [0.1, 0.15) is 5.82 Å². The third-order valence-corrected chi connectivity index (χ3v) is 4.15. The molecule has 0 aliphatic carbocycles. The van der Waals surface area contributed by atoms with E-state index in [4.69, 9.17) is 9.72 Å². The predicted octanol–water partition coefficient (Wildman–Crippen LogP) is 2.81. The second kappa shape index (κ2) is 7.76. The normalized spacial score (nSPS) is 16.5. The number of hydrogen-bond acceptors (Lipinski definition) is 4. The van der Waals surface area contributed by atoms with E-state index in [1.54, 1.807) is 0 Å². The molecule has 1 aliphatic heterocycles. The highest BCUT2D eigenvalue weighted by Gasteiger charge is 2.22. The average molecular weight is 291 g/mol. The fourth-order valence-corrected chi connectivity index (χ4v) is 3.04. The Morgan fingerprint density at radius 2 is 2.00 bits per heavy atom. The number of nitrogens with one attached hydrogen (secondary N) is 1. The van der Waals surface area contributed by atoms with Crippen molar-refractivity contribution in [3.05, 3.63) is 22.9 Å². The maximum Gasteiger partial charge on any atom is 0.133 e. The Labute approximate surface area is 128 Å². The van der Waals surface area contributed by atoms with Crippen molar-refractivity contribution < 1.29 is 4.74 Å². The number of anilines is 1. The highest BCUT2D eigenvalue weighted by atomic mass is 16.5. The Hall–Kier alpha value is -1.13. The summed E-state index contributed by atoms with van der Waals surface area (Å²) in [5, 5.41) is 3.44. The highest BCUT2D eigenvalue weighted by molar-refractivity contribution is 5.52. The smallest absolute Gasteiger partial charge is 0.133 e. The molecule has 2 rings (SSSR count). The lowest BCUT2D eigenvalue weighted by Gasteiger charge is -2.34. The molecule has 0 bridgehead atoms. The molecular weight excluding hydrogens is 262 g/mol. The lowest BCUT2D eigenvalue weighted by Crippen LogP contribution is -2.38. The first-order chi connectivity index (χ1) is 10.2. The summed E-state index contributed by atoms with van der Waals surface area (Å²) >= 11 is 0. The molecular formula is C17H29N3O. The summed E-state index contributed by atoms with van der Waals surface area (Å²) in [6.07, 6.45) is 2.63. The summed E-state index contributed by atoms with van der Waals surface area (Å²) in [7, 11) is 0. The summed E-state index contributed by atoms with van der Waals surface area (Å²) in [5.74, 6) is 1.17. The first-order valence-electron chi connectivity index (χ1n) is 8.20. The predicted molar refractivity (Wildman–Crippen MR) is 88.0 cm³/mol. The largest absolute Gasteiger partial charge is 0.378 e. The number of pyridine rings is 1. The number of ether oxygens (including phenoxy) is 1. The number of piperidine rings is 1. The molecule has 0 radical (unpaired) electrons. The standard InChI is InChI=1S/C17H29N3O/c1-5-18-12-16-13(3)11-14(4)19-17(16)20-9-7-15(8-10-20)21-6-2/h11,15,18H,5-10,12H2,1-4H3. The molecule has 4 nitrogen and oxygen atoms in total. The van der Waals surface area contributed by atoms with Crippen molar-refractivity contribution in [1.29, 1.82) is 0 Å². The van der Waals surface area contributed by atoms with Crippen molar-refractivity contribution in [2.24, 2.45) is 0 Å². The zero-order valence-electron chi connectivity index (χ0n) is 13.9. The van der Waals surface area contributed by atoms with E-state index in [1.807, 2.05) is 0 Å². The molecule has 0 saturated carbocycles. The minimum absolute atomic E-state index is 0.425. The van der Waals surface area contributed by atoms with Gasteiger partial charge in [0.2, 0.25) is 0 Å². The van der Waals surface area contributed by atoms with Crippen molar-refractivity contribution >= 4 is 5.82 Å². The topological polar surface area (TPSA) is 37.4 Å². The van der Waals surface area contributed by atoms with Crippen LogP contribution in [-0.2, 0) is 11.3 Å². The molecule has 118 valence electrons. The van der Waals surface area contributed by atoms with Crippen LogP contribution in [0.15, 0.2) is 6.07 Å². The molecule has 21 heavy (non-hydrogen) atoms. The van der Waals surface area contributed by atoms with Crippen LogP contribution in [0, 0.1) is 13.8 Å². The first-order valence-corrected chi connectivity index (χ1v) is 8.20. The van der Waals surface area contributed by atoms with Crippen molar-refractivity contribution in [3.63, 3.8) is 0 Å². The van der Waals surface area contributed by atoms with Crippen LogP contribution in [0.25, 0.3) is 0 Å². The van der Waals surface area contributed by atoms with Crippen LogP contribution in [0.3, 0.4) is 0 Å². The maximum absolute atomic E-state index is 5.75. The van der Waals surface area contributed by atoms with Gasteiger partial charge in [0, 0.05) is 37.5 Å². The van der Waals surface area contributed by atoms with Gasteiger partial charge in [-0.1, -0.05) is 6.92 Å². The molecule has 2 heterocycles. The summed E-state index contributed by atoms with van der Waals surface area (Å²) in [6.45, 7) is 13.3. The quantitative estimate of drug-likeness (QED) is 0.874. The van der Waals surface area contributed by atoms with Crippen LogP contribution >= 0.6 is 0 Å². The van der Waals surface area contributed by atoms with Gasteiger partial charge in [-0.25, -0.2) is 4.98 Å². The lowest BCUT2D eigenvalue weighted by atomic mass is 10.0. The third kappa shape index (κ3) is 4.17. The van der Waals surface area contributed by atoms with Gasteiger partial charge in [0.25, 0.3) is 0 Å². The van der Waals surface area contributed by atoms with E-state index in [1.165, 1.54) is 16.9 Å². The van der Waals surface area contributed by atoms with Crippen LogP contribution in [0.1, 0.15) is 43.5 Å². The zero-order valence-corrected chi connectivity index (χ0v) is 13.9. The van der Waals surface area contributed by atoms with E-state index in [0.29, 0.717) is 6.10 Å². The number of nitrogens with zero attached hydrogens (tertiary/aromatic N) is 2. The van der Waals surface area contributed by atoms with Crippen molar-refractivity contribution in [3.8, 4) is 0 Å². The summed E-state index contributed by atoms with van der Waals surface area (Å²) in [6, 6.07) is 2.18. The summed E-state index contributed by atoms with van der Waals surface area (Å²) in [5.41, 5.74) is 3.79. The Balaban J connectivity index is 2.15. The number of hydrogen-bond donors (Lipinski definition) is 1. The van der Waals surface area contributed by atoms with Crippen molar-refractivity contribution in [1.82, 2.24) is 10.3 Å². The van der Waals surface area contributed by atoms with Crippen molar-refractivity contribution in [2.75, 3.05) is 31.1 Å². The Kier molecular flexibility index (Phi) is 6.00. The molecule has 1 saturated heterocycles. The van der Waals surface area contributed by atoms with Crippen LogP contribution in [-0.4, -0.2) is 37.3 Å². The first kappa shape index (κ1) is 16.2. The van der Waals surface area contributed by atoms with E-state index in [9.17, 15) is 0 Å². The lowest BCUT2D eigenvalue weighted by molar-refractivity contribution is 0.0458. The van der Waals surface area contributed by atoms with Crippen LogP contribution in [0.4, 0.5) is 5.82 Å². The van der Waals surface area contributed by atoms with Gasteiger partial charge in [0.15, 0.2) is 0 Å². The fourth-order valence-electron chi connectivity index (χ4n) is 3.04. The molecule has 1 N–H and O–H groups in total. The van der Waals surface area contributed by atoms with Crippen LogP contribution < -0.4 is 10.2 Å². The SMILES string of the molecule is CCNCc1c(C)cc(C)nc1N1CCC(OCC)CC1. The third-order valence-electron chi connectivity index (χ3n) is 4.15. The molecule has 0 amide bonds. The highest BCUT2D eigenvalue weighted by Crippen LogP contribution is 2.26. The molecule has 0 atom stereocenters. The molecule has 0 spiro atoms.